The molecule has 0 atom stereocenters. The maximum atomic E-state index is 6.56. The van der Waals surface area contributed by atoms with E-state index in [2.05, 4.69) is 103 Å². The number of hydrogen-bond acceptors (Lipinski definition) is 3. The summed E-state index contributed by atoms with van der Waals surface area (Å²) in [5, 5.41) is 3.37. The Morgan fingerprint density at radius 2 is 1.47 bits per heavy atom. The summed E-state index contributed by atoms with van der Waals surface area (Å²) >= 11 is 0. The predicted octanol–water partition coefficient (Wildman–Crippen LogP) is 10.8. The molecule has 2 heterocycles. The highest BCUT2D eigenvalue weighted by Crippen LogP contribution is 2.45. The van der Waals surface area contributed by atoms with Gasteiger partial charge in [-0.05, 0) is 62.5 Å². The second-order valence-corrected chi connectivity index (χ2v) is 9.59. The third-order valence-corrected chi connectivity index (χ3v) is 7.08. The fourth-order valence-corrected chi connectivity index (χ4v) is 5.25. The van der Waals surface area contributed by atoms with Crippen molar-refractivity contribution in [3.8, 4) is 0 Å². The molecule has 3 aromatic carbocycles. The average Bonchev–Trinajstić information content (AvgIpc) is 3.65. The van der Waals surface area contributed by atoms with Crippen LogP contribution in [0, 0.1) is 5.92 Å². The number of nitrogens with zero attached hydrogens (tertiary/aromatic N) is 1. The molecule has 2 aliphatic rings. The van der Waals surface area contributed by atoms with E-state index in [9.17, 15) is 0 Å². The van der Waals surface area contributed by atoms with Crippen LogP contribution in [0.3, 0.4) is 0 Å². The number of furan rings is 2. The summed E-state index contributed by atoms with van der Waals surface area (Å²) in [5.41, 5.74) is 6.98. The topological polar surface area (TPSA) is 29.5 Å². The molecule has 0 radical (unpaired) electrons. The van der Waals surface area contributed by atoms with Gasteiger partial charge in [0.25, 0.3) is 0 Å². The van der Waals surface area contributed by atoms with E-state index in [0.717, 1.165) is 67.7 Å². The van der Waals surface area contributed by atoms with Crippen molar-refractivity contribution in [2.45, 2.75) is 40.0 Å². The van der Waals surface area contributed by atoms with Gasteiger partial charge >= 0.3 is 0 Å². The minimum atomic E-state index is 0.604. The summed E-state index contributed by atoms with van der Waals surface area (Å²) in [7, 11) is 0. The normalized spacial score (nSPS) is 15.2. The Kier molecular flexibility index (Phi) is 6.51. The number of hydrogen-bond donors (Lipinski definition) is 0. The quantitative estimate of drug-likeness (QED) is 0.225. The third kappa shape index (κ3) is 4.18. The van der Waals surface area contributed by atoms with Gasteiger partial charge in [0.05, 0.1) is 11.4 Å². The van der Waals surface area contributed by atoms with Crippen LogP contribution in [0.4, 0.5) is 11.4 Å². The zero-order valence-corrected chi connectivity index (χ0v) is 22.3. The van der Waals surface area contributed by atoms with Gasteiger partial charge in [0.1, 0.15) is 11.3 Å². The minimum Gasteiger partial charge on any atom is -0.454 e. The highest BCUT2D eigenvalue weighted by atomic mass is 16.3. The van der Waals surface area contributed by atoms with Crippen LogP contribution in [-0.4, -0.2) is 0 Å². The molecule has 0 N–H and O–H groups in total. The smallest absolute Gasteiger partial charge is 0.159 e. The lowest BCUT2D eigenvalue weighted by Crippen LogP contribution is -2.16. The van der Waals surface area contributed by atoms with Crippen LogP contribution >= 0.6 is 0 Å². The van der Waals surface area contributed by atoms with Gasteiger partial charge in [-0.15, -0.1) is 0 Å². The van der Waals surface area contributed by atoms with Crippen LogP contribution < -0.4 is 4.90 Å². The molecule has 3 nitrogen and oxygen atoms in total. The van der Waals surface area contributed by atoms with Crippen molar-refractivity contribution < 1.29 is 8.83 Å². The van der Waals surface area contributed by atoms with E-state index in [4.69, 9.17) is 8.83 Å². The van der Waals surface area contributed by atoms with Crippen LogP contribution in [0.25, 0.3) is 45.1 Å². The van der Waals surface area contributed by atoms with E-state index < -0.39 is 0 Å². The highest BCUT2D eigenvalue weighted by Gasteiger charge is 2.26. The Labute approximate surface area is 224 Å². The van der Waals surface area contributed by atoms with Crippen LogP contribution in [-0.2, 0) is 0 Å². The molecular formula is C35H33NO2. The fraction of sp³-hybridized carbons (Fsp3) is 0.200. The zero-order valence-electron chi connectivity index (χ0n) is 22.3. The molecule has 0 spiro atoms. The first-order chi connectivity index (χ1) is 18.8. The van der Waals surface area contributed by atoms with Crippen molar-refractivity contribution in [2.75, 3.05) is 4.90 Å². The molecule has 0 saturated heterocycles. The molecule has 190 valence electrons. The Bertz CT molecular complexity index is 1740. The maximum Gasteiger partial charge on any atom is 0.159 e. The van der Waals surface area contributed by atoms with Crippen LogP contribution in [0.2, 0.25) is 0 Å². The summed E-state index contributed by atoms with van der Waals surface area (Å²) < 4.78 is 13.1. The third-order valence-electron chi connectivity index (χ3n) is 7.08. The van der Waals surface area contributed by atoms with E-state index in [1.54, 1.807) is 0 Å². The summed E-state index contributed by atoms with van der Waals surface area (Å²) in [6, 6.07) is 21.1. The summed E-state index contributed by atoms with van der Waals surface area (Å²) in [6.07, 6.45) is 18.7. The first kappa shape index (κ1) is 24.1. The SMILES string of the molecule is C/C=C\C(=C/C1CC1)N(c1cccc2c3c(oc12)C=CCC=C3)c1cccc2c1oc1ccccc12.CC. The lowest BCUT2D eigenvalue weighted by molar-refractivity contribution is 0.603. The molecule has 0 amide bonds. The standard InChI is InChI=1S/C33H27NO2.C2H6/c1-2-10-23(21-22-19-20-22)34(29-16-9-14-27-25-12-6-7-18-31(25)36-33(27)29)28-15-8-13-26-24-11-4-3-5-17-30(24)35-32(26)28;1-2/h2,4-18,21-22H,3,19-20H2,1H3;1-2H3/b10-2-,23-21+;. The van der Waals surface area contributed by atoms with Gasteiger partial charge in [-0.2, -0.15) is 0 Å². The average molecular weight is 500 g/mol. The van der Waals surface area contributed by atoms with E-state index in [1.165, 1.54) is 12.8 Å². The second kappa shape index (κ2) is 10.3. The highest BCUT2D eigenvalue weighted by molar-refractivity contribution is 6.11. The van der Waals surface area contributed by atoms with Gasteiger partial charge in [0, 0.05) is 27.4 Å². The van der Waals surface area contributed by atoms with Gasteiger partial charge in [-0.25, -0.2) is 0 Å². The van der Waals surface area contributed by atoms with Crippen LogP contribution in [0.1, 0.15) is 51.4 Å². The lowest BCUT2D eigenvalue weighted by atomic mass is 10.1. The van der Waals surface area contributed by atoms with Crippen molar-refractivity contribution in [2.24, 2.45) is 5.92 Å². The first-order valence-electron chi connectivity index (χ1n) is 13.8. The molecule has 0 bridgehead atoms. The molecule has 0 unspecified atom stereocenters. The molecule has 2 aliphatic carbocycles. The lowest BCUT2D eigenvalue weighted by Gasteiger charge is -2.26. The van der Waals surface area contributed by atoms with Crippen molar-refractivity contribution in [1.82, 2.24) is 0 Å². The van der Waals surface area contributed by atoms with Crippen molar-refractivity contribution >= 4 is 56.4 Å². The van der Waals surface area contributed by atoms with Gasteiger partial charge in [0.2, 0.25) is 0 Å². The Morgan fingerprint density at radius 3 is 2.24 bits per heavy atom. The zero-order chi connectivity index (χ0) is 26.1. The van der Waals surface area contributed by atoms with Crippen molar-refractivity contribution in [3.05, 3.63) is 108 Å². The first-order valence-corrected chi connectivity index (χ1v) is 13.8. The number of rotatable bonds is 5. The van der Waals surface area contributed by atoms with Gasteiger partial charge in [-0.1, -0.05) is 86.7 Å². The number of fused-ring (bicyclic) bond motifs is 6. The van der Waals surface area contributed by atoms with Crippen LogP contribution in [0.5, 0.6) is 0 Å². The Hall–Kier alpha value is -4.24. The van der Waals surface area contributed by atoms with Crippen molar-refractivity contribution in [1.29, 1.82) is 0 Å². The second-order valence-electron chi connectivity index (χ2n) is 9.59. The predicted molar refractivity (Wildman–Crippen MR) is 162 cm³/mol. The van der Waals surface area contributed by atoms with Crippen molar-refractivity contribution in [3.63, 3.8) is 0 Å². The maximum absolute atomic E-state index is 6.56. The molecule has 5 aromatic rings. The number of allylic oxidation sites excluding steroid dienone is 5. The van der Waals surface area contributed by atoms with Crippen LogP contribution in [0.15, 0.2) is 106 Å². The minimum absolute atomic E-state index is 0.604. The van der Waals surface area contributed by atoms with E-state index in [0.29, 0.717) is 5.92 Å². The molecular weight excluding hydrogens is 466 g/mol. The molecule has 7 rings (SSSR count). The van der Waals surface area contributed by atoms with E-state index >= 15 is 0 Å². The van der Waals surface area contributed by atoms with Gasteiger partial charge in [-0.3, -0.25) is 0 Å². The number of para-hydroxylation sites is 3. The molecule has 38 heavy (non-hydrogen) atoms. The monoisotopic (exact) mass is 499 g/mol. The molecule has 1 saturated carbocycles. The summed E-state index contributed by atoms with van der Waals surface area (Å²) in [6.45, 7) is 6.08. The molecule has 2 aromatic heterocycles. The number of benzene rings is 3. The van der Waals surface area contributed by atoms with Gasteiger partial charge in [0.15, 0.2) is 11.2 Å². The van der Waals surface area contributed by atoms with E-state index in [1.807, 2.05) is 26.0 Å². The Balaban J connectivity index is 0.00000129. The van der Waals surface area contributed by atoms with Gasteiger partial charge < -0.3 is 13.7 Å². The number of anilines is 2. The Morgan fingerprint density at radius 1 is 0.789 bits per heavy atom. The fourth-order valence-electron chi connectivity index (χ4n) is 5.25. The summed E-state index contributed by atoms with van der Waals surface area (Å²) in [5.74, 6) is 1.51. The largest absolute Gasteiger partial charge is 0.454 e. The summed E-state index contributed by atoms with van der Waals surface area (Å²) in [4.78, 5) is 2.32. The molecule has 0 aliphatic heterocycles. The molecule has 3 heteroatoms. The molecule has 1 fully saturated rings. The van der Waals surface area contributed by atoms with E-state index in [-0.39, 0.29) is 0 Å².